The van der Waals surface area contributed by atoms with Crippen molar-refractivity contribution in [3.05, 3.63) is 41.7 Å². The van der Waals surface area contributed by atoms with E-state index in [0.717, 1.165) is 32.9 Å². The lowest BCUT2D eigenvalue weighted by Crippen LogP contribution is -2.38. The maximum Gasteiger partial charge on any atom is 0.270 e. The normalized spacial score (nSPS) is 15.3. The highest BCUT2D eigenvalue weighted by Gasteiger charge is 2.28. The third kappa shape index (κ3) is 5.10. The van der Waals surface area contributed by atoms with E-state index in [-0.39, 0.29) is 23.0 Å². The molecule has 0 saturated carbocycles. The van der Waals surface area contributed by atoms with Crippen molar-refractivity contribution >= 4 is 48.5 Å². The number of aromatic nitrogens is 2. The predicted octanol–water partition coefficient (Wildman–Crippen LogP) is 3.06. The number of likely N-dealkylation sites (tertiary alicyclic amines) is 1. The second kappa shape index (κ2) is 9.24. The molecule has 3 heterocycles. The quantitative estimate of drug-likeness (QED) is 0.552. The Balaban J connectivity index is 1.40. The van der Waals surface area contributed by atoms with Crippen LogP contribution in [0, 0.1) is 12.8 Å². The summed E-state index contributed by atoms with van der Waals surface area (Å²) in [6, 6.07) is 7.13. The van der Waals surface area contributed by atoms with Crippen LogP contribution in [0.3, 0.4) is 0 Å². The largest absolute Gasteiger partial charge is 0.356 e. The first-order chi connectivity index (χ1) is 15.6. The number of amides is 2. The van der Waals surface area contributed by atoms with Gasteiger partial charge in [-0.3, -0.25) is 9.59 Å². The third-order valence-electron chi connectivity index (χ3n) is 5.82. The van der Waals surface area contributed by atoms with Crippen molar-refractivity contribution in [2.75, 3.05) is 32.0 Å². The molecule has 0 bridgehead atoms. The van der Waals surface area contributed by atoms with Gasteiger partial charge in [0, 0.05) is 26.3 Å². The number of hydrogen-bond acceptors (Lipinski definition) is 6. The van der Waals surface area contributed by atoms with Gasteiger partial charge >= 0.3 is 0 Å². The standard InChI is InChI=1S/C22H27N5O4S2/c1-14-6-8-27(9-7-14)21(29)18-11-16(12-23-18)33(30,31)26(3)13-20(28)25-22-24-17-5-4-15(2)10-19(17)32-22/h4-5,10-12,14,23H,6-9,13H2,1-3H3,(H,24,25,28). The first-order valence-corrected chi connectivity index (χ1v) is 13.0. The number of H-pyrrole nitrogens is 1. The van der Waals surface area contributed by atoms with Gasteiger partial charge in [-0.15, -0.1) is 0 Å². The summed E-state index contributed by atoms with van der Waals surface area (Å²) in [6.45, 7) is 5.07. The summed E-state index contributed by atoms with van der Waals surface area (Å²) in [5.41, 5.74) is 2.09. The fraction of sp³-hybridized carbons (Fsp3) is 0.409. The average molecular weight is 490 g/mol. The fourth-order valence-corrected chi connectivity index (χ4v) is 5.84. The Morgan fingerprint density at radius 1 is 1.27 bits per heavy atom. The minimum absolute atomic E-state index is 0.0537. The fourth-order valence-electron chi connectivity index (χ4n) is 3.74. The number of carbonyl (C=O) groups is 2. The van der Waals surface area contributed by atoms with Crippen LogP contribution >= 0.6 is 11.3 Å². The molecule has 0 radical (unpaired) electrons. The third-order valence-corrected chi connectivity index (χ3v) is 8.54. The Kier molecular flexibility index (Phi) is 6.55. The van der Waals surface area contributed by atoms with E-state index >= 15 is 0 Å². The van der Waals surface area contributed by atoms with Gasteiger partial charge in [-0.05, 0) is 49.4 Å². The van der Waals surface area contributed by atoms with Gasteiger partial charge in [-0.1, -0.05) is 24.3 Å². The summed E-state index contributed by atoms with van der Waals surface area (Å²) in [4.78, 5) is 34.0. The van der Waals surface area contributed by atoms with Crippen molar-refractivity contribution in [1.29, 1.82) is 0 Å². The van der Waals surface area contributed by atoms with Crippen molar-refractivity contribution in [2.24, 2.45) is 5.92 Å². The van der Waals surface area contributed by atoms with Crippen LogP contribution < -0.4 is 5.32 Å². The zero-order chi connectivity index (χ0) is 23.8. The van der Waals surface area contributed by atoms with Gasteiger partial charge in [0.2, 0.25) is 15.9 Å². The minimum atomic E-state index is -3.96. The van der Waals surface area contributed by atoms with Gasteiger partial charge in [-0.2, -0.15) is 4.31 Å². The van der Waals surface area contributed by atoms with Crippen molar-refractivity contribution in [3.8, 4) is 0 Å². The topological polar surface area (TPSA) is 115 Å². The first kappa shape index (κ1) is 23.4. The zero-order valence-corrected chi connectivity index (χ0v) is 20.4. The number of nitrogens with one attached hydrogen (secondary N) is 2. The SMILES string of the molecule is Cc1ccc2nc(NC(=O)CN(C)S(=O)(=O)c3c[nH]c(C(=O)N4CCC(C)CC4)c3)sc2c1. The Morgan fingerprint density at radius 3 is 2.73 bits per heavy atom. The average Bonchev–Trinajstić information content (AvgIpc) is 3.40. The van der Waals surface area contributed by atoms with Gasteiger partial charge in [0.15, 0.2) is 5.13 Å². The van der Waals surface area contributed by atoms with Crippen LogP contribution in [0.15, 0.2) is 35.4 Å². The van der Waals surface area contributed by atoms with Crippen molar-refractivity contribution in [2.45, 2.75) is 31.6 Å². The molecular weight excluding hydrogens is 462 g/mol. The van der Waals surface area contributed by atoms with Crippen LogP contribution in [-0.4, -0.2) is 66.1 Å². The molecule has 1 fully saturated rings. The second-order valence-electron chi connectivity index (χ2n) is 8.52. The number of aromatic amines is 1. The summed E-state index contributed by atoms with van der Waals surface area (Å²) in [5.74, 6) is -0.124. The summed E-state index contributed by atoms with van der Waals surface area (Å²) in [5, 5.41) is 3.08. The number of rotatable bonds is 6. The lowest BCUT2D eigenvalue weighted by atomic mass is 9.99. The molecule has 2 amide bonds. The number of nitrogens with zero attached hydrogens (tertiary/aromatic N) is 3. The Bertz CT molecular complexity index is 1290. The van der Waals surface area contributed by atoms with Crippen molar-refractivity contribution in [3.63, 3.8) is 0 Å². The Labute approximate surface area is 196 Å². The van der Waals surface area contributed by atoms with Crippen molar-refractivity contribution < 1.29 is 18.0 Å². The molecule has 1 aliphatic rings. The molecule has 2 N–H and O–H groups in total. The molecule has 1 saturated heterocycles. The Morgan fingerprint density at radius 2 is 2.00 bits per heavy atom. The molecule has 0 spiro atoms. The van der Waals surface area contributed by atoms with Gasteiger partial charge in [0.05, 0.1) is 16.8 Å². The second-order valence-corrected chi connectivity index (χ2v) is 11.6. The lowest BCUT2D eigenvalue weighted by molar-refractivity contribution is -0.116. The smallest absolute Gasteiger partial charge is 0.270 e. The lowest BCUT2D eigenvalue weighted by Gasteiger charge is -2.29. The number of likely N-dealkylation sites (N-methyl/N-ethyl adjacent to an activating group) is 1. The van der Waals surface area contributed by atoms with Gasteiger partial charge in [0.1, 0.15) is 10.6 Å². The summed E-state index contributed by atoms with van der Waals surface area (Å²) in [6.07, 6.45) is 3.16. The highest BCUT2D eigenvalue weighted by molar-refractivity contribution is 7.89. The van der Waals surface area contributed by atoms with Gasteiger partial charge in [-0.25, -0.2) is 13.4 Å². The van der Waals surface area contributed by atoms with Crippen LogP contribution in [0.2, 0.25) is 0 Å². The van der Waals surface area contributed by atoms with Gasteiger partial charge < -0.3 is 15.2 Å². The molecule has 3 aromatic rings. The van der Waals surface area contributed by atoms with Crippen LogP contribution in [0.1, 0.15) is 35.8 Å². The highest BCUT2D eigenvalue weighted by atomic mass is 32.2. The molecule has 11 heteroatoms. The molecule has 0 unspecified atom stereocenters. The molecule has 2 aromatic heterocycles. The number of anilines is 1. The number of thiazole rings is 1. The molecule has 1 aliphatic heterocycles. The highest BCUT2D eigenvalue weighted by Crippen LogP contribution is 2.27. The minimum Gasteiger partial charge on any atom is -0.356 e. The number of benzene rings is 1. The van der Waals surface area contributed by atoms with Crippen molar-refractivity contribution in [1.82, 2.24) is 19.2 Å². The molecule has 1 aromatic carbocycles. The predicted molar refractivity (Wildman–Crippen MR) is 128 cm³/mol. The molecule has 0 aliphatic carbocycles. The van der Waals surface area contributed by atoms with E-state index in [1.165, 1.54) is 30.6 Å². The van der Waals surface area contributed by atoms with Crippen LogP contribution in [0.4, 0.5) is 5.13 Å². The Hall–Kier alpha value is -2.76. The van der Waals surface area contributed by atoms with E-state index < -0.39 is 15.9 Å². The van der Waals surface area contributed by atoms with E-state index in [0.29, 0.717) is 24.1 Å². The number of sulfonamides is 1. The number of fused-ring (bicyclic) bond motifs is 1. The summed E-state index contributed by atoms with van der Waals surface area (Å²) in [7, 11) is -2.62. The molecular formula is C22H27N5O4S2. The maximum absolute atomic E-state index is 12.9. The van der Waals surface area contributed by atoms with Crippen LogP contribution in [0.5, 0.6) is 0 Å². The molecule has 9 nitrogen and oxygen atoms in total. The van der Waals surface area contributed by atoms with E-state index in [2.05, 4.69) is 22.2 Å². The number of carbonyl (C=O) groups excluding carboxylic acids is 2. The van der Waals surface area contributed by atoms with E-state index in [9.17, 15) is 18.0 Å². The number of aryl methyl sites for hydroxylation is 1. The molecule has 176 valence electrons. The zero-order valence-electron chi connectivity index (χ0n) is 18.8. The number of hydrogen-bond donors (Lipinski definition) is 2. The monoisotopic (exact) mass is 489 g/mol. The molecule has 0 atom stereocenters. The molecule has 33 heavy (non-hydrogen) atoms. The van der Waals surface area contributed by atoms with E-state index in [1.807, 2.05) is 25.1 Å². The first-order valence-electron chi connectivity index (χ1n) is 10.7. The van der Waals surface area contributed by atoms with Crippen LogP contribution in [-0.2, 0) is 14.8 Å². The van der Waals surface area contributed by atoms with E-state index in [1.54, 1.807) is 4.90 Å². The van der Waals surface area contributed by atoms with Crippen LogP contribution in [0.25, 0.3) is 10.2 Å². The summed E-state index contributed by atoms with van der Waals surface area (Å²) < 4.78 is 27.8. The maximum atomic E-state index is 12.9. The number of piperidine rings is 1. The van der Waals surface area contributed by atoms with E-state index in [4.69, 9.17) is 0 Å². The van der Waals surface area contributed by atoms with Gasteiger partial charge in [0.25, 0.3) is 5.91 Å². The summed E-state index contributed by atoms with van der Waals surface area (Å²) >= 11 is 1.33. The molecule has 4 rings (SSSR count).